The first-order valence-electron chi connectivity index (χ1n) is 15.7. The van der Waals surface area contributed by atoms with Gasteiger partial charge in [-0.3, -0.25) is 0 Å². The number of hydrogen-bond donors (Lipinski definition) is 0. The lowest BCUT2D eigenvalue weighted by atomic mass is 10.0. The lowest BCUT2D eigenvalue weighted by Gasteiger charge is -2.34. The van der Waals surface area contributed by atoms with Crippen LogP contribution in [0.5, 0.6) is 0 Å². The Bertz CT molecular complexity index is 1590. The summed E-state index contributed by atoms with van der Waals surface area (Å²) in [7, 11) is 0. The summed E-state index contributed by atoms with van der Waals surface area (Å²) >= 11 is 0. The Morgan fingerprint density at radius 2 is 1.40 bits per heavy atom. The predicted octanol–water partition coefficient (Wildman–Crippen LogP) is 11.9. The van der Waals surface area contributed by atoms with Crippen LogP contribution in [0.1, 0.15) is 52.0 Å². The van der Waals surface area contributed by atoms with Crippen LogP contribution < -0.4 is 9.80 Å². The molecule has 4 aromatic rings. The van der Waals surface area contributed by atoms with Crippen molar-refractivity contribution in [2.75, 3.05) is 9.80 Å². The van der Waals surface area contributed by atoms with E-state index in [1.165, 1.54) is 33.6 Å². The molecule has 0 bridgehead atoms. The Labute approximate surface area is 259 Å². The van der Waals surface area contributed by atoms with Gasteiger partial charge in [-0.2, -0.15) is 0 Å². The molecule has 0 saturated carbocycles. The lowest BCUT2D eigenvalue weighted by molar-refractivity contribution is 0.731. The van der Waals surface area contributed by atoms with Crippen molar-refractivity contribution in [3.05, 3.63) is 156 Å². The maximum Gasteiger partial charge on any atom is 0.0556 e. The zero-order chi connectivity index (χ0) is 30.0. The van der Waals surface area contributed by atoms with Gasteiger partial charge in [0.15, 0.2) is 0 Å². The molecule has 0 heterocycles. The quantitative estimate of drug-likeness (QED) is 0.167. The van der Waals surface area contributed by atoms with Gasteiger partial charge in [-0.15, -0.1) is 0 Å². The Morgan fingerprint density at radius 3 is 1.98 bits per heavy atom. The molecule has 5 rings (SSSR count). The molecule has 4 aromatic carbocycles. The highest BCUT2D eigenvalue weighted by atomic mass is 15.2. The molecule has 218 valence electrons. The monoisotopic (exact) mass is 564 g/mol. The van der Waals surface area contributed by atoms with Gasteiger partial charge in [0.05, 0.1) is 6.04 Å². The van der Waals surface area contributed by atoms with E-state index in [0.29, 0.717) is 6.04 Å². The molecule has 0 aromatic heterocycles. The third kappa shape index (κ3) is 7.27. The molecule has 0 fully saturated rings. The summed E-state index contributed by atoms with van der Waals surface area (Å²) < 4.78 is 0. The average molecular weight is 565 g/mol. The van der Waals surface area contributed by atoms with Crippen molar-refractivity contribution in [3.63, 3.8) is 0 Å². The SMILES string of the molecule is CC=C(C=C(CC)N(c1ccc(-c2ccc(N(c3ccccc3)c3cccc(C)c3)cc2)cc1)C1C=CC=CC1)CCC. The number of nitrogens with zero attached hydrogens (tertiary/aromatic N) is 2. The van der Waals surface area contributed by atoms with E-state index in [-0.39, 0.29) is 0 Å². The van der Waals surface area contributed by atoms with Gasteiger partial charge in [-0.05, 0) is 104 Å². The number of rotatable bonds is 11. The van der Waals surface area contributed by atoms with Gasteiger partial charge in [0.1, 0.15) is 0 Å². The van der Waals surface area contributed by atoms with Crippen molar-refractivity contribution in [3.8, 4) is 11.1 Å². The minimum Gasteiger partial charge on any atom is -0.338 e. The smallest absolute Gasteiger partial charge is 0.0556 e. The molecule has 2 nitrogen and oxygen atoms in total. The summed E-state index contributed by atoms with van der Waals surface area (Å²) in [4.78, 5) is 4.85. The first-order valence-corrected chi connectivity index (χ1v) is 15.7. The highest BCUT2D eigenvalue weighted by Crippen LogP contribution is 2.36. The van der Waals surface area contributed by atoms with E-state index in [9.17, 15) is 0 Å². The second-order valence-corrected chi connectivity index (χ2v) is 11.2. The van der Waals surface area contributed by atoms with Crippen LogP contribution in [0.15, 0.2) is 151 Å². The topological polar surface area (TPSA) is 6.48 Å². The molecule has 1 aliphatic carbocycles. The van der Waals surface area contributed by atoms with Crippen LogP contribution in [0, 0.1) is 6.92 Å². The van der Waals surface area contributed by atoms with Gasteiger partial charge in [-0.1, -0.05) is 111 Å². The van der Waals surface area contributed by atoms with Crippen molar-refractivity contribution in [2.24, 2.45) is 0 Å². The molecule has 2 heteroatoms. The highest BCUT2D eigenvalue weighted by molar-refractivity contribution is 5.78. The third-order valence-electron chi connectivity index (χ3n) is 8.10. The number of hydrogen-bond acceptors (Lipinski definition) is 2. The molecule has 1 aliphatic rings. The van der Waals surface area contributed by atoms with E-state index in [1.807, 2.05) is 0 Å². The fraction of sp³-hybridized carbons (Fsp3) is 0.220. The van der Waals surface area contributed by atoms with Crippen LogP contribution >= 0.6 is 0 Å². The summed E-state index contributed by atoms with van der Waals surface area (Å²) in [5, 5.41) is 0. The number of allylic oxidation sites excluding steroid dienone is 6. The summed E-state index contributed by atoms with van der Waals surface area (Å²) in [6.45, 7) is 8.82. The largest absolute Gasteiger partial charge is 0.338 e. The molecule has 0 aliphatic heterocycles. The second kappa shape index (κ2) is 14.6. The zero-order valence-electron chi connectivity index (χ0n) is 26.1. The molecule has 43 heavy (non-hydrogen) atoms. The average Bonchev–Trinajstić information content (AvgIpc) is 3.06. The summed E-state index contributed by atoms with van der Waals surface area (Å²) in [6.07, 6.45) is 17.9. The van der Waals surface area contributed by atoms with Crippen LogP contribution in [-0.4, -0.2) is 6.04 Å². The molecule has 0 amide bonds. The number of anilines is 4. The van der Waals surface area contributed by atoms with Crippen molar-refractivity contribution >= 4 is 22.7 Å². The lowest BCUT2D eigenvalue weighted by Crippen LogP contribution is -2.33. The minimum absolute atomic E-state index is 0.312. The highest BCUT2D eigenvalue weighted by Gasteiger charge is 2.20. The standard InChI is InChI=1S/C41H44N2/c1-5-15-33(6-2)31-36(7-3)42(37-17-10-8-11-18-37)39-26-22-34(23-27-39)35-24-28-40(29-25-35)43(38-19-12-9-13-20-38)41-21-14-16-32(4)30-41/h6,8-14,16-17,19-31,37H,5,7,15,18H2,1-4H3. The Morgan fingerprint density at radius 1 is 0.744 bits per heavy atom. The number of benzene rings is 4. The summed E-state index contributed by atoms with van der Waals surface area (Å²) in [5.74, 6) is 0. The fourth-order valence-corrected chi connectivity index (χ4v) is 5.88. The van der Waals surface area contributed by atoms with Crippen molar-refractivity contribution in [2.45, 2.75) is 59.4 Å². The molecular formula is C41H44N2. The number of para-hydroxylation sites is 1. The van der Waals surface area contributed by atoms with E-state index in [0.717, 1.165) is 42.7 Å². The van der Waals surface area contributed by atoms with Crippen molar-refractivity contribution in [1.82, 2.24) is 0 Å². The Kier molecular flexibility index (Phi) is 10.1. The number of aryl methyl sites for hydroxylation is 1. The molecule has 1 atom stereocenters. The Balaban J connectivity index is 1.45. The Hall–Kier alpha value is -4.56. The predicted molar refractivity (Wildman–Crippen MR) is 188 cm³/mol. The van der Waals surface area contributed by atoms with E-state index >= 15 is 0 Å². The van der Waals surface area contributed by atoms with Crippen LogP contribution in [0.2, 0.25) is 0 Å². The summed E-state index contributed by atoms with van der Waals surface area (Å²) in [6, 6.07) is 37.6. The van der Waals surface area contributed by atoms with E-state index in [1.54, 1.807) is 0 Å². The third-order valence-corrected chi connectivity index (χ3v) is 8.10. The first kappa shape index (κ1) is 29.9. The van der Waals surface area contributed by atoms with Gasteiger partial charge >= 0.3 is 0 Å². The maximum absolute atomic E-state index is 2.53. The van der Waals surface area contributed by atoms with Gasteiger partial charge in [0.2, 0.25) is 0 Å². The molecular weight excluding hydrogens is 520 g/mol. The minimum atomic E-state index is 0.312. The van der Waals surface area contributed by atoms with Crippen molar-refractivity contribution in [1.29, 1.82) is 0 Å². The first-order chi connectivity index (χ1) is 21.1. The van der Waals surface area contributed by atoms with E-state index in [4.69, 9.17) is 0 Å². The molecule has 0 spiro atoms. The van der Waals surface area contributed by atoms with Crippen LogP contribution in [0.3, 0.4) is 0 Å². The normalized spacial score (nSPS) is 15.0. The molecule has 0 N–H and O–H groups in total. The van der Waals surface area contributed by atoms with Gasteiger partial charge < -0.3 is 9.80 Å². The maximum atomic E-state index is 2.53. The zero-order valence-corrected chi connectivity index (χ0v) is 26.1. The van der Waals surface area contributed by atoms with Crippen LogP contribution in [-0.2, 0) is 0 Å². The van der Waals surface area contributed by atoms with E-state index in [2.05, 4.69) is 177 Å². The molecule has 0 radical (unpaired) electrons. The molecule has 1 unspecified atom stereocenters. The fourth-order valence-electron chi connectivity index (χ4n) is 5.88. The molecule has 0 saturated heterocycles. The van der Waals surface area contributed by atoms with Crippen LogP contribution in [0.25, 0.3) is 11.1 Å². The van der Waals surface area contributed by atoms with Crippen molar-refractivity contribution < 1.29 is 0 Å². The van der Waals surface area contributed by atoms with Gasteiger partial charge in [-0.25, -0.2) is 0 Å². The van der Waals surface area contributed by atoms with Gasteiger partial charge in [0, 0.05) is 28.4 Å². The second-order valence-electron chi connectivity index (χ2n) is 11.2. The van der Waals surface area contributed by atoms with Crippen LogP contribution in [0.4, 0.5) is 22.7 Å². The van der Waals surface area contributed by atoms with Gasteiger partial charge in [0.25, 0.3) is 0 Å². The summed E-state index contributed by atoms with van der Waals surface area (Å²) in [5.41, 5.74) is 11.1. The van der Waals surface area contributed by atoms with E-state index < -0.39 is 0 Å².